The number of aryl methyl sites for hydroxylation is 1. The smallest absolute Gasteiger partial charge is 0.130 e. The fourth-order valence-corrected chi connectivity index (χ4v) is 2.11. The molecule has 1 fully saturated rings. The highest BCUT2D eigenvalue weighted by atomic mass is 79.9. The molecule has 1 aromatic rings. The van der Waals surface area contributed by atoms with Gasteiger partial charge in [0.25, 0.3) is 0 Å². The molecule has 0 aliphatic heterocycles. The number of aromatic hydroxyl groups is 1. The number of nitrogens with two attached hydrogens (primary N) is 1. The minimum atomic E-state index is 0.131. The van der Waals surface area contributed by atoms with Crippen molar-refractivity contribution < 1.29 is 5.11 Å². The highest BCUT2D eigenvalue weighted by Gasteiger charge is 2.30. The number of phenols is 1. The molecule has 2 nitrogen and oxygen atoms in total. The lowest BCUT2D eigenvalue weighted by Gasteiger charge is -2.14. The number of halogens is 1. The first kappa shape index (κ1) is 9.99. The largest absolute Gasteiger partial charge is 0.507 e. The Hall–Kier alpha value is -0.540. The second-order valence-corrected chi connectivity index (χ2v) is 4.88. The molecule has 0 radical (unpaired) electrons. The molecule has 0 amide bonds. The van der Waals surface area contributed by atoms with Gasteiger partial charge >= 0.3 is 0 Å². The van der Waals surface area contributed by atoms with E-state index in [1.54, 1.807) is 6.07 Å². The molecule has 0 bridgehead atoms. The van der Waals surface area contributed by atoms with Crippen molar-refractivity contribution in [3.63, 3.8) is 0 Å². The van der Waals surface area contributed by atoms with E-state index in [4.69, 9.17) is 5.73 Å². The molecule has 2 rings (SSSR count). The molecule has 14 heavy (non-hydrogen) atoms. The van der Waals surface area contributed by atoms with Crippen LogP contribution in [0.2, 0.25) is 0 Å². The minimum Gasteiger partial charge on any atom is -0.507 e. The van der Waals surface area contributed by atoms with Crippen molar-refractivity contribution in [2.45, 2.75) is 25.8 Å². The third-order valence-electron chi connectivity index (χ3n) is 2.82. The Labute approximate surface area is 92.3 Å². The highest BCUT2D eigenvalue weighted by Crippen LogP contribution is 2.41. The topological polar surface area (TPSA) is 46.2 Å². The van der Waals surface area contributed by atoms with E-state index < -0.39 is 0 Å². The van der Waals surface area contributed by atoms with Crippen molar-refractivity contribution in [2.75, 3.05) is 0 Å². The zero-order valence-corrected chi connectivity index (χ0v) is 9.71. The van der Waals surface area contributed by atoms with Crippen LogP contribution in [-0.4, -0.2) is 5.11 Å². The van der Waals surface area contributed by atoms with E-state index in [0.717, 1.165) is 15.6 Å². The summed E-state index contributed by atoms with van der Waals surface area (Å²) in [5, 5.41) is 9.47. The molecule has 1 aromatic carbocycles. The molecule has 0 aromatic heterocycles. The SMILES string of the molecule is Cc1cc(O)c(Br)cc1C(N)C1CC1. The summed E-state index contributed by atoms with van der Waals surface area (Å²) in [6.07, 6.45) is 2.47. The van der Waals surface area contributed by atoms with Crippen molar-refractivity contribution in [1.82, 2.24) is 0 Å². The molecular weight excluding hydrogens is 242 g/mol. The van der Waals surface area contributed by atoms with Crippen LogP contribution in [0.25, 0.3) is 0 Å². The van der Waals surface area contributed by atoms with Crippen LogP contribution in [0, 0.1) is 12.8 Å². The molecule has 1 unspecified atom stereocenters. The summed E-state index contributed by atoms with van der Waals surface area (Å²) in [6.45, 7) is 1.99. The van der Waals surface area contributed by atoms with Gasteiger partial charge in [-0.15, -0.1) is 0 Å². The van der Waals surface area contributed by atoms with Crippen LogP contribution in [0.1, 0.15) is 30.0 Å². The molecule has 0 spiro atoms. The molecule has 0 saturated heterocycles. The maximum absolute atomic E-state index is 9.47. The van der Waals surface area contributed by atoms with Crippen molar-refractivity contribution >= 4 is 15.9 Å². The van der Waals surface area contributed by atoms with E-state index in [9.17, 15) is 5.11 Å². The number of hydrogen-bond acceptors (Lipinski definition) is 2. The summed E-state index contributed by atoms with van der Waals surface area (Å²) >= 11 is 3.31. The molecular formula is C11H14BrNO. The van der Waals surface area contributed by atoms with Gasteiger partial charge in [0.05, 0.1) is 4.47 Å². The van der Waals surface area contributed by atoms with Gasteiger partial charge in [0, 0.05) is 6.04 Å². The molecule has 0 heterocycles. The van der Waals surface area contributed by atoms with Crippen LogP contribution < -0.4 is 5.73 Å². The lowest BCUT2D eigenvalue weighted by atomic mass is 9.98. The van der Waals surface area contributed by atoms with E-state index in [0.29, 0.717) is 5.92 Å². The van der Waals surface area contributed by atoms with E-state index in [-0.39, 0.29) is 11.8 Å². The zero-order valence-electron chi connectivity index (χ0n) is 8.13. The van der Waals surface area contributed by atoms with Gasteiger partial charge in [-0.25, -0.2) is 0 Å². The first-order valence-electron chi connectivity index (χ1n) is 4.84. The molecule has 1 aliphatic rings. The van der Waals surface area contributed by atoms with Gasteiger partial charge in [0.15, 0.2) is 0 Å². The third kappa shape index (κ3) is 1.79. The lowest BCUT2D eigenvalue weighted by Crippen LogP contribution is -2.13. The summed E-state index contributed by atoms with van der Waals surface area (Å²) < 4.78 is 0.731. The average molecular weight is 256 g/mol. The highest BCUT2D eigenvalue weighted by molar-refractivity contribution is 9.10. The second kappa shape index (κ2) is 3.55. The zero-order chi connectivity index (χ0) is 10.3. The molecule has 1 atom stereocenters. The standard InChI is InChI=1S/C11H14BrNO/c1-6-4-10(14)9(12)5-8(6)11(13)7-2-3-7/h4-5,7,11,14H,2-3,13H2,1H3. The summed E-state index contributed by atoms with van der Waals surface area (Å²) in [4.78, 5) is 0. The second-order valence-electron chi connectivity index (χ2n) is 4.02. The predicted octanol–water partition coefficient (Wildman–Crippen LogP) is 2.87. The van der Waals surface area contributed by atoms with Crippen molar-refractivity contribution in [3.05, 3.63) is 27.7 Å². The van der Waals surface area contributed by atoms with Crippen molar-refractivity contribution in [2.24, 2.45) is 11.7 Å². The van der Waals surface area contributed by atoms with Crippen molar-refractivity contribution in [1.29, 1.82) is 0 Å². The van der Waals surface area contributed by atoms with Crippen molar-refractivity contribution in [3.8, 4) is 5.75 Å². The quantitative estimate of drug-likeness (QED) is 0.854. The van der Waals surface area contributed by atoms with Crippen LogP contribution in [0.3, 0.4) is 0 Å². The van der Waals surface area contributed by atoms with Crippen LogP contribution in [0.15, 0.2) is 16.6 Å². The first-order valence-corrected chi connectivity index (χ1v) is 5.63. The third-order valence-corrected chi connectivity index (χ3v) is 3.46. The van der Waals surface area contributed by atoms with Gasteiger partial charge in [-0.3, -0.25) is 0 Å². The maximum atomic E-state index is 9.47. The number of phenolic OH excluding ortho intramolecular Hbond substituents is 1. The predicted molar refractivity (Wildman–Crippen MR) is 60.2 cm³/mol. The number of rotatable bonds is 2. The van der Waals surface area contributed by atoms with Gasteiger partial charge in [0.2, 0.25) is 0 Å². The summed E-state index contributed by atoms with van der Waals surface area (Å²) in [5.74, 6) is 0.930. The van der Waals surface area contributed by atoms with Crippen LogP contribution >= 0.6 is 15.9 Å². The Bertz CT molecular complexity index is 361. The van der Waals surface area contributed by atoms with E-state index in [2.05, 4.69) is 15.9 Å². The summed E-state index contributed by atoms with van der Waals surface area (Å²) in [5.41, 5.74) is 8.34. The molecule has 3 N–H and O–H groups in total. The minimum absolute atomic E-state index is 0.131. The van der Waals surface area contributed by atoms with Gasteiger partial charge in [-0.05, 0) is 64.9 Å². The molecule has 1 aliphatic carbocycles. The Morgan fingerprint density at radius 1 is 1.50 bits per heavy atom. The van der Waals surface area contributed by atoms with E-state index in [1.807, 2.05) is 13.0 Å². The number of benzene rings is 1. The normalized spacial score (nSPS) is 18.2. The van der Waals surface area contributed by atoms with Crippen LogP contribution in [-0.2, 0) is 0 Å². The molecule has 3 heteroatoms. The average Bonchev–Trinajstić information content (AvgIpc) is 2.93. The fraction of sp³-hybridized carbons (Fsp3) is 0.455. The Balaban J connectivity index is 2.36. The Kier molecular flexibility index (Phi) is 2.54. The molecule has 1 saturated carbocycles. The Morgan fingerprint density at radius 2 is 2.14 bits per heavy atom. The van der Waals surface area contributed by atoms with E-state index >= 15 is 0 Å². The summed E-state index contributed by atoms with van der Waals surface area (Å²) in [6, 6.07) is 3.84. The monoisotopic (exact) mass is 255 g/mol. The maximum Gasteiger partial charge on any atom is 0.130 e. The first-order chi connectivity index (χ1) is 6.59. The van der Waals surface area contributed by atoms with Gasteiger partial charge in [0.1, 0.15) is 5.75 Å². The van der Waals surface area contributed by atoms with Crippen LogP contribution in [0.5, 0.6) is 5.75 Å². The Morgan fingerprint density at radius 3 is 2.71 bits per heavy atom. The van der Waals surface area contributed by atoms with Crippen LogP contribution in [0.4, 0.5) is 0 Å². The number of hydrogen-bond donors (Lipinski definition) is 2. The summed E-state index contributed by atoms with van der Waals surface area (Å²) in [7, 11) is 0. The van der Waals surface area contributed by atoms with E-state index in [1.165, 1.54) is 12.8 Å². The lowest BCUT2D eigenvalue weighted by molar-refractivity contribution is 0.470. The van der Waals surface area contributed by atoms with Gasteiger partial charge in [-0.2, -0.15) is 0 Å². The van der Waals surface area contributed by atoms with Gasteiger partial charge < -0.3 is 10.8 Å². The van der Waals surface area contributed by atoms with Gasteiger partial charge in [-0.1, -0.05) is 0 Å². The molecule has 76 valence electrons. The fourth-order valence-electron chi connectivity index (χ4n) is 1.75.